The second-order valence-electron chi connectivity index (χ2n) is 7.98. The van der Waals surface area contributed by atoms with Crippen molar-refractivity contribution in [3.8, 4) is 5.69 Å². The summed E-state index contributed by atoms with van der Waals surface area (Å²) in [6.45, 7) is 6.58. The zero-order valence-electron chi connectivity index (χ0n) is 18.3. The number of hydrogen-bond acceptors (Lipinski definition) is 6. The molecular weight excluding hydrogens is 445 g/mol. The van der Waals surface area contributed by atoms with Crippen molar-refractivity contribution >= 4 is 29.0 Å². The molecule has 3 heterocycles. The van der Waals surface area contributed by atoms with Gasteiger partial charge in [0.1, 0.15) is 5.82 Å². The van der Waals surface area contributed by atoms with Gasteiger partial charge in [0, 0.05) is 10.6 Å². The second-order valence-corrected chi connectivity index (χ2v) is 10.3. The van der Waals surface area contributed by atoms with Crippen molar-refractivity contribution in [2.24, 2.45) is 0 Å². The Morgan fingerprint density at radius 2 is 1.91 bits per heavy atom. The van der Waals surface area contributed by atoms with Crippen molar-refractivity contribution in [2.75, 3.05) is 13.1 Å². The molecule has 0 aliphatic carbocycles. The van der Waals surface area contributed by atoms with Crippen LogP contribution in [0.5, 0.6) is 0 Å². The lowest BCUT2D eigenvalue weighted by molar-refractivity contribution is -0.120. The van der Waals surface area contributed by atoms with Gasteiger partial charge >= 0.3 is 0 Å². The number of aromatic nitrogens is 3. The van der Waals surface area contributed by atoms with Gasteiger partial charge in [-0.3, -0.25) is 14.3 Å². The van der Waals surface area contributed by atoms with Gasteiger partial charge in [-0.1, -0.05) is 24.2 Å². The van der Waals surface area contributed by atoms with Gasteiger partial charge in [0.25, 0.3) is 0 Å². The summed E-state index contributed by atoms with van der Waals surface area (Å²) in [4.78, 5) is 16.2. The topological polar surface area (TPSA) is 63.1 Å². The Morgan fingerprint density at radius 3 is 2.59 bits per heavy atom. The Hall–Kier alpha value is -2.23. The fraction of sp³-hybridized carbons (Fsp3) is 0.435. The quantitative estimate of drug-likeness (QED) is 0.476. The van der Waals surface area contributed by atoms with Gasteiger partial charge in [0.2, 0.25) is 5.91 Å². The standard InChI is InChI=1S/C23H28FN5OS2/c1-16(28-12-4-3-5-13-28)21-26-27-23(29(21)19-10-8-18(24)9-11-19)32-17(2)22(30)25-15-20-7-6-14-31-20/h6-11,14,16-17H,3-5,12-13,15H2,1-2H3,(H,25,30)/t16-,17+/m0/s1. The fourth-order valence-corrected chi connectivity index (χ4v) is 5.42. The Kier molecular flexibility index (Phi) is 7.59. The van der Waals surface area contributed by atoms with E-state index < -0.39 is 0 Å². The molecule has 2 atom stereocenters. The summed E-state index contributed by atoms with van der Waals surface area (Å²) in [5.41, 5.74) is 0.795. The maximum atomic E-state index is 13.6. The molecule has 3 aromatic rings. The first-order valence-electron chi connectivity index (χ1n) is 10.9. The summed E-state index contributed by atoms with van der Waals surface area (Å²) in [5.74, 6) is 0.470. The minimum atomic E-state index is -0.350. The first-order valence-corrected chi connectivity index (χ1v) is 12.7. The molecule has 0 unspecified atom stereocenters. The zero-order chi connectivity index (χ0) is 22.5. The van der Waals surface area contributed by atoms with E-state index in [1.807, 2.05) is 29.0 Å². The molecule has 0 saturated carbocycles. The Bertz CT molecular complexity index is 1020. The number of rotatable bonds is 8. The molecule has 9 heteroatoms. The molecule has 1 amide bonds. The lowest BCUT2D eigenvalue weighted by Crippen LogP contribution is -2.33. The monoisotopic (exact) mass is 473 g/mol. The molecule has 170 valence electrons. The molecule has 2 aromatic heterocycles. The van der Waals surface area contributed by atoms with E-state index in [-0.39, 0.29) is 23.0 Å². The van der Waals surface area contributed by atoms with Crippen LogP contribution in [0.2, 0.25) is 0 Å². The Morgan fingerprint density at radius 1 is 1.16 bits per heavy atom. The van der Waals surface area contributed by atoms with Crippen molar-refractivity contribution in [3.63, 3.8) is 0 Å². The van der Waals surface area contributed by atoms with Crippen molar-refractivity contribution < 1.29 is 9.18 Å². The number of piperidine rings is 1. The number of thiophene rings is 1. The van der Waals surface area contributed by atoms with E-state index >= 15 is 0 Å². The summed E-state index contributed by atoms with van der Waals surface area (Å²) in [6.07, 6.45) is 3.61. The number of carbonyl (C=O) groups is 1. The van der Waals surface area contributed by atoms with Crippen LogP contribution in [0.3, 0.4) is 0 Å². The predicted octanol–water partition coefficient (Wildman–Crippen LogP) is 4.81. The highest BCUT2D eigenvalue weighted by Gasteiger charge is 2.27. The predicted molar refractivity (Wildman–Crippen MR) is 127 cm³/mol. The lowest BCUT2D eigenvalue weighted by Gasteiger charge is -2.32. The van der Waals surface area contributed by atoms with Crippen molar-refractivity contribution in [2.45, 2.75) is 56.1 Å². The average molecular weight is 474 g/mol. The SMILES string of the molecule is C[C@@H](Sc1nnc([C@H](C)N2CCCCC2)n1-c1ccc(F)cc1)C(=O)NCc1cccs1. The highest BCUT2D eigenvalue weighted by molar-refractivity contribution is 8.00. The van der Waals surface area contributed by atoms with Crippen molar-refractivity contribution in [1.29, 1.82) is 0 Å². The normalized spacial score (nSPS) is 16.6. The van der Waals surface area contributed by atoms with Crippen LogP contribution in [0.1, 0.15) is 49.9 Å². The largest absolute Gasteiger partial charge is 0.350 e. The molecule has 0 bridgehead atoms. The third kappa shape index (κ3) is 5.39. The van der Waals surface area contributed by atoms with E-state index in [1.54, 1.807) is 23.5 Å². The molecular formula is C23H28FN5OS2. The van der Waals surface area contributed by atoms with Gasteiger partial charge < -0.3 is 5.32 Å². The van der Waals surface area contributed by atoms with Crippen LogP contribution in [0, 0.1) is 5.82 Å². The molecule has 1 aliphatic heterocycles. The molecule has 32 heavy (non-hydrogen) atoms. The first kappa shape index (κ1) is 22.9. The van der Waals surface area contributed by atoms with E-state index in [9.17, 15) is 9.18 Å². The number of likely N-dealkylation sites (tertiary alicyclic amines) is 1. The molecule has 0 radical (unpaired) electrons. The van der Waals surface area contributed by atoms with Crippen LogP contribution in [0.25, 0.3) is 5.69 Å². The molecule has 1 N–H and O–H groups in total. The van der Waals surface area contributed by atoms with Crippen LogP contribution >= 0.6 is 23.1 Å². The Balaban J connectivity index is 1.56. The van der Waals surface area contributed by atoms with Gasteiger partial charge in [0.05, 0.1) is 17.8 Å². The van der Waals surface area contributed by atoms with Crippen LogP contribution in [0.4, 0.5) is 4.39 Å². The van der Waals surface area contributed by atoms with Gasteiger partial charge in [-0.25, -0.2) is 4.39 Å². The van der Waals surface area contributed by atoms with Crippen LogP contribution in [0.15, 0.2) is 46.9 Å². The zero-order valence-corrected chi connectivity index (χ0v) is 20.0. The van der Waals surface area contributed by atoms with Gasteiger partial charge in [-0.05, 0) is 75.5 Å². The highest BCUT2D eigenvalue weighted by Crippen LogP contribution is 2.31. The summed E-state index contributed by atoms with van der Waals surface area (Å²) >= 11 is 2.99. The summed E-state index contributed by atoms with van der Waals surface area (Å²) in [6, 6.07) is 10.4. The first-order chi connectivity index (χ1) is 15.5. The van der Waals surface area contributed by atoms with E-state index in [1.165, 1.54) is 43.2 Å². The second kappa shape index (κ2) is 10.6. The van der Waals surface area contributed by atoms with Gasteiger partial charge in [0.15, 0.2) is 11.0 Å². The summed E-state index contributed by atoms with van der Waals surface area (Å²) in [7, 11) is 0. The minimum absolute atomic E-state index is 0.0531. The maximum absolute atomic E-state index is 13.6. The molecule has 0 spiro atoms. The van der Waals surface area contributed by atoms with E-state index in [0.717, 1.165) is 29.5 Å². The van der Waals surface area contributed by atoms with Crippen molar-refractivity contribution in [1.82, 2.24) is 25.0 Å². The molecule has 1 saturated heterocycles. The maximum Gasteiger partial charge on any atom is 0.233 e. The molecule has 4 rings (SSSR count). The fourth-order valence-electron chi connectivity index (χ4n) is 3.87. The molecule has 1 fully saturated rings. The van der Waals surface area contributed by atoms with Crippen LogP contribution in [-0.2, 0) is 11.3 Å². The number of nitrogens with one attached hydrogen (secondary N) is 1. The number of benzene rings is 1. The Labute approximate surface area is 196 Å². The number of thioether (sulfide) groups is 1. The molecule has 1 aliphatic rings. The van der Waals surface area contributed by atoms with E-state index in [2.05, 4.69) is 27.3 Å². The van der Waals surface area contributed by atoms with Gasteiger partial charge in [-0.15, -0.1) is 21.5 Å². The third-order valence-corrected chi connectivity index (χ3v) is 7.64. The van der Waals surface area contributed by atoms with Gasteiger partial charge in [-0.2, -0.15) is 0 Å². The lowest BCUT2D eigenvalue weighted by atomic mass is 10.1. The third-order valence-electron chi connectivity index (χ3n) is 5.72. The molecule has 1 aromatic carbocycles. The number of amides is 1. The number of hydrogen-bond donors (Lipinski definition) is 1. The van der Waals surface area contributed by atoms with Crippen LogP contribution < -0.4 is 5.32 Å². The minimum Gasteiger partial charge on any atom is -0.350 e. The number of carbonyl (C=O) groups excluding carboxylic acids is 1. The smallest absolute Gasteiger partial charge is 0.233 e. The average Bonchev–Trinajstić information content (AvgIpc) is 3.48. The number of halogens is 1. The van der Waals surface area contributed by atoms with Crippen molar-refractivity contribution in [3.05, 3.63) is 58.3 Å². The van der Waals surface area contributed by atoms with E-state index in [4.69, 9.17) is 0 Å². The van der Waals surface area contributed by atoms with E-state index in [0.29, 0.717) is 11.7 Å². The summed E-state index contributed by atoms with van der Waals surface area (Å²) < 4.78 is 15.6. The summed E-state index contributed by atoms with van der Waals surface area (Å²) in [5, 5.41) is 14.2. The number of nitrogens with zero attached hydrogens (tertiary/aromatic N) is 4. The van der Waals surface area contributed by atoms with Crippen LogP contribution in [-0.4, -0.2) is 43.9 Å². The molecule has 6 nitrogen and oxygen atoms in total. The highest BCUT2D eigenvalue weighted by atomic mass is 32.2.